The highest BCUT2D eigenvalue weighted by Gasteiger charge is 2.29. The van der Waals surface area contributed by atoms with Crippen LogP contribution in [0, 0.1) is 11.3 Å². The number of benzene rings is 1. The molecule has 0 bridgehead atoms. The lowest BCUT2D eigenvalue weighted by Gasteiger charge is -2.30. The monoisotopic (exact) mass is 243 g/mol. The fraction of sp³-hybridized carbons (Fsp3) is 0.462. The Morgan fingerprint density at radius 1 is 1.33 bits per heavy atom. The normalized spacial score (nSPS) is 15.3. The molecule has 0 saturated heterocycles. The van der Waals surface area contributed by atoms with E-state index in [1.165, 1.54) is 0 Å². The zero-order chi connectivity index (χ0) is 13.5. The van der Waals surface area contributed by atoms with Gasteiger partial charge in [0.05, 0.1) is 6.07 Å². The van der Waals surface area contributed by atoms with Crippen LogP contribution < -0.4 is 0 Å². The molecule has 0 amide bonds. The number of likely N-dealkylation sites (N-methyl/N-ethyl adjacent to an activating group) is 1. The molecule has 0 aliphatic carbocycles. The first-order valence-electron chi connectivity index (χ1n) is 5.77. The smallest absolute Gasteiger partial charge is 0.105 e. The van der Waals surface area contributed by atoms with Gasteiger partial charge in [0, 0.05) is 16.9 Å². The molecular weight excluding hydrogens is 226 g/mol. The van der Waals surface area contributed by atoms with Gasteiger partial charge < -0.3 is 0 Å². The molecule has 0 heterocycles. The van der Waals surface area contributed by atoms with E-state index in [1.807, 2.05) is 56.3 Å². The van der Waals surface area contributed by atoms with Crippen LogP contribution in [0.3, 0.4) is 0 Å². The van der Waals surface area contributed by atoms with Crippen molar-refractivity contribution in [2.24, 2.45) is 5.11 Å². The number of hydrogen-bond acceptors (Lipinski definition) is 3. The Labute approximate surface area is 107 Å². The molecule has 1 aromatic carbocycles. The van der Waals surface area contributed by atoms with Crippen LogP contribution in [-0.2, 0) is 0 Å². The highest BCUT2D eigenvalue weighted by atomic mass is 15.2. The third kappa shape index (κ3) is 3.24. The first-order valence-corrected chi connectivity index (χ1v) is 5.77. The lowest BCUT2D eigenvalue weighted by atomic mass is 9.86. The molecule has 0 radical (unpaired) electrons. The van der Waals surface area contributed by atoms with Crippen LogP contribution in [0.4, 0.5) is 0 Å². The summed E-state index contributed by atoms with van der Waals surface area (Å²) >= 11 is 0. The van der Waals surface area contributed by atoms with Gasteiger partial charge in [0.2, 0.25) is 0 Å². The SMILES string of the molecule is C[C@@H](N=[N+]=[N-])[C@H](c1ccccc1)[C@H](C#N)N(C)C. The predicted octanol–water partition coefficient (Wildman–Crippen LogP) is 2.92. The average molecular weight is 243 g/mol. The number of rotatable bonds is 5. The van der Waals surface area contributed by atoms with Gasteiger partial charge in [0.1, 0.15) is 6.04 Å². The second-order valence-electron chi connectivity index (χ2n) is 4.42. The fourth-order valence-corrected chi connectivity index (χ4v) is 2.07. The van der Waals surface area contributed by atoms with Crippen molar-refractivity contribution in [1.29, 1.82) is 5.26 Å². The summed E-state index contributed by atoms with van der Waals surface area (Å²) in [5.74, 6) is -0.137. The Hall–Kier alpha value is -2.02. The van der Waals surface area contributed by atoms with Crippen LogP contribution in [0.1, 0.15) is 18.4 Å². The molecule has 0 aliphatic rings. The molecule has 0 unspecified atom stereocenters. The number of nitrogens with zero attached hydrogens (tertiary/aromatic N) is 5. The molecule has 18 heavy (non-hydrogen) atoms. The van der Waals surface area contributed by atoms with Gasteiger partial charge in [-0.3, -0.25) is 4.90 Å². The minimum absolute atomic E-state index is 0.137. The van der Waals surface area contributed by atoms with Crippen molar-refractivity contribution in [1.82, 2.24) is 4.90 Å². The Kier molecular flexibility index (Phi) is 5.19. The maximum Gasteiger partial charge on any atom is 0.105 e. The molecule has 1 aromatic rings. The van der Waals surface area contributed by atoms with Crippen LogP contribution >= 0.6 is 0 Å². The quantitative estimate of drug-likeness (QED) is 0.453. The zero-order valence-corrected chi connectivity index (χ0v) is 10.9. The molecule has 0 aromatic heterocycles. The van der Waals surface area contributed by atoms with Gasteiger partial charge in [-0.05, 0) is 25.2 Å². The number of azide groups is 1. The third-order valence-electron chi connectivity index (χ3n) is 2.97. The van der Waals surface area contributed by atoms with Gasteiger partial charge in [0.15, 0.2) is 0 Å². The number of nitriles is 1. The largest absolute Gasteiger partial charge is 0.294 e. The Bertz CT molecular complexity index is 456. The maximum absolute atomic E-state index is 9.32. The van der Waals surface area contributed by atoms with Gasteiger partial charge >= 0.3 is 0 Å². The minimum Gasteiger partial charge on any atom is -0.294 e. The average Bonchev–Trinajstić information content (AvgIpc) is 2.36. The molecule has 0 N–H and O–H groups in total. The van der Waals surface area contributed by atoms with E-state index in [-0.39, 0.29) is 18.0 Å². The van der Waals surface area contributed by atoms with Gasteiger partial charge in [-0.2, -0.15) is 5.26 Å². The Morgan fingerprint density at radius 3 is 2.39 bits per heavy atom. The first kappa shape index (κ1) is 14.0. The summed E-state index contributed by atoms with van der Waals surface area (Å²) in [6.45, 7) is 1.84. The summed E-state index contributed by atoms with van der Waals surface area (Å²) in [7, 11) is 3.71. The van der Waals surface area contributed by atoms with E-state index in [0.717, 1.165) is 5.56 Å². The van der Waals surface area contributed by atoms with Crippen LogP contribution in [0.25, 0.3) is 10.4 Å². The maximum atomic E-state index is 9.32. The predicted molar refractivity (Wildman–Crippen MR) is 70.9 cm³/mol. The van der Waals surface area contributed by atoms with Crippen molar-refractivity contribution in [2.75, 3.05) is 14.1 Å². The minimum atomic E-state index is -0.326. The van der Waals surface area contributed by atoms with Crippen LogP contribution in [0.5, 0.6) is 0 Å². The van der Waals surface area contributed by atoms with Crippen molar-refractivity contribution < 1.29 is 0 Å². The van der Waals surface area contributed by atoms with E-state index in [9.17, 15) is 5.26 Å². The Morgan fingerprint density at radius 2 is 1.94 bits per heavy atom. The van der Waals surface area contributed by atoms with Crippen LogP contribution in [-0.4, -0.2) is 31.1 Å². The van der Waals surface area contributed by atoms with Crippen LogP contribution in [0.2, 0.25) is 0 Å². The van der Waals surface area contributed by atoms with Crippen molar-refractivity contribution >= 4 is 0 Å². The second-order valence-corrected chi connectivity index (χ2v) is 4.42. The van der Waals surface area contributed by atoms with Gasteiger partial charge in [-0.25, -0.2) is 0 Å². The molecule has 0 spiro atoms. The molecule has 94 valence electrons. The molecule has 3 atom stereocenters. The number of hydrogen-bond donors (Lipinski definition) is 0. The van der Waals surface area contributed by atoms with Crippen molar-refractivity contribution in [3.05, 3.63) is 46.3 Å². The summed E-state index contributed by atoms with van der Waals surface area (Å²) in [6.07, 6.45) is 0. The fourth-order valence-electron chi connectivity index (χ4n) is 2.07. The molecule has 5 nitrogen and oxygen atoms in total. The molecule has 0 aliphatic heterocycles. The highest BCUT2D eigenvalue weighted by molar-refractivity contribution is 5.26. The van der Waals surface area contributed by atoms with E-state index in [4.69, 9.17) is 5.53 Å². The zero-order valence-electron chi connectivity index (χ0n) is 10.9. The molecular formula is C13H17N5. The standard InChI is InChI=1S/C13H17N5/c1-10(16-17-15)13(12(9-14)18(2)3)11-7-5-4-6-8-11/h4-8,10,12-13H,1-3H3/t10-,12+,13-/m1/s1. The van der Waals surface area contributed by atoms with Crippen LogP contribution in [0.15, 0.2) is 35.4 Å². The summed E-state index contributed by atoms with van der Waals surface area (Å²) < 4.78 is 0. The first-order chi connectivity index (χ1) is 8.61. The van der Waals surface area contributed by atoms with E-state index in [0.29, 0.717) is 0 Å². The summed E-state index contributed by atoms with van der Waals surface area (Å²) in [5.41, 5.74) is 9.60. The summed E-state index contributed by atoms with van der Waals surface area (Å²) in [5, 5.41) is 13.1. The molecule has 5 heteroatoms. The Balaban J connectivity index is 3.18. The molecule has 1 rings (SSSR count). The topological polar surface area (TPSA) is 75.8 Å². The lowest BCUT2D eigenvalue weighted by Crippen LogP contribution is -2.37. The van der Waals surface area contributed by atoms with Gasteiger partial charge in [-0.1, -0.05) is 42.4 Å². The van der Waals surface area contributed by atoms with Gasteiger partial charge in [0.25, 0.3) is 0 Å². The van der Waals surface area contributed by atoms with E-state index in [2.05, 4.69) is 16.1 Å². The third-order valence-corrected chi connectivity index (χ3v) is 2.97. The second kappa shape index (κ2) is 6.65. The highest BCUT2D eigenvalue weighted by Crippen LogP contribution is 2.27. The summed E-state index contributed by atoms with van der Waals surface area (Å²) in [4.78, 5) is 4.70. The van der Waals surface area contributed by atoms with Crippen molar-refractivity contribution in [3.8, 4) is 6.07 Å². The van der Waals surface area contributed by atoms with Crippen molar-refractivity contribution in [3.63, 3.8) is 0 Å². The summed E-state index contributed by atoms with van der Waals surface area (Å²) in [6, 6.07) is 11.4. The lowest BCUT2D eigenvalue weighted by molar-refractivity contribution is 0.289. The van der Waals surface area contributed by atoms with Gasteiger partial charge in [-0.15, -0.1) is 0 Å². The van der Waals surface area contributed by atoms with E-state index < -0.39 is 0 Å². The van der Waals surface area contributed by atoms with E-state index >= 15 is 0 Å². The van der Waals surface area contributed by atoms with E-state index in [1.54, 1.807) is 0 Å². The van der Waals surface area contributed by atoms with Crippen molar-refractivity contribution in [2.45, 2.75) is 24.9 Å². The molecule has 0 saturated carbocycles. The molecule has 0 fully saturated rings.